The highest BCUT2D eigenvalue weighted by Crippen LogP contribution is 2.39. The van der Waals surface area contributed by atoms with Crippen LogP contribution in [0.4, 0.5) is 0 Å². The van der Waals surface area contributed by atoms with Crippen molar-refractivity contribution in [1.29, 1.82) is 0 Å². The molecule has 1 heterocycles. The van der Waals surface area contributed by atoms with Crippen molar-refractivity contribution in [2.45, 2.75) is 58.9 Å². The molecule has 1 fully saturated rings. The molecule has 1 saturated heterocycles. The smallest absolute Gasteiger partial charge is 0.284 e. The molecule has 1 aliphatic heterocycles. The Kier molecular flexibility index (Phi) is 7.22. The lowest BCUT2D eigenvalue weighted by molar-refractivity contribution is 0.464. The van der Waals surface area contributed by atoms with E-state index in [0.29, 0.717) is 18.9 Å². The Morgan fingerprint density at radius 1 is 1.14 bits per heavy atom. The second kappa shape index (κ2) is 8.92. The average molecular weight is 437 g/mol. The quantitative estimate of drug-likeness (QED) is 0.503. The number of amidine groups is 2. The number of aryl methyl sites for hydroxylation is 1. The van der Waals surface area contributed by atoms with E-state index in [4.69, 9.17) is 4.99 Å². The summed E-state index contributed by atoms with van der Waals surface area (Å²) in [6.07, 6.45) is 0. The Labute approximate surface area is 179 Å². The molecule has 8 heteroatoms. The van der Waals surface area contributed by atoms with Gasteiger partial charge in [0.2, 0.25) is 0 Å². The maximum absolute atomic E-state index is 13.0. The Balaban J connectivity index is 2.50. The van der Waals surface area contributed by atoms with Crippen LogP contribution < -0.4 is 0 Å². The van der Waals surface area contributed by atoms with E-state index in [1.54, 1.807) is 36.0 Å². The maximum Gasteiger partial charge on any atom is 0.284 e. The van der Waals surface area contributed by atoms with E-state index in [1.807, 2.05) is 44.5 Å². The highest BCUT2D eigenvalue weighted by molar-refractivity contribution is 8.19. The molecule has 0 aliphatic carbocycles. The van der Waals surface area contributed by atoms with Crippen molar-refractivity contribution in [2.24, 2.45) is 9.39 Å². The Morgan fingerprint density at radius 2 is 1.69 bits per heavy atom. The van der Waals surface area contributed by atoms with Gasteiger partial charge in [-0.3, -0.25) is 4.99 Å². The normalized spacial score (nSPS) is 18.7. The van der Waals surface area contributed by atoms with E-state index in [2.05, 4.69) is 25.2 Å². The predicted octanol–water partition coefficient (Wildman–Crippen LogP) is 4.49. The van der Waals surface area contributed by atoms with Crippen molar-refractivity contribution >= 4 is 32.8 Å². The van der Waals surface area contributed by atoms with Gasteiger partial charge in [-0.1, -0.05) is 17.7 Å². The van der Waals surface area contributed by atoms with Gasteiger partial charge in [-0.05, 0) is 72.4 Å². The second-order valence-electron chi connectivity index (χ2n) is 8.03. The van der Waals surface area contributed by atoms with Gasteiger partial charge in [0, 0.05) is 25.7 Å². The minimum atomic E-state index is -3.81. The monoisotopic (exact) mass is 436 g/mol. The molecule has 0 N–H and O–H groups in total. The minimum absolute atomic E-state index is 0.166. The summed E-state index contributed by atoms with van der Waals surface area (Å²) >= 11 is 1.56. The van der Waals surface area contributed by atoms with E-state index >= 15 is 0 Å². The summed E-state index contributed by atoms with van der Waals surface area (Å²) in [5, 5.41) is 1.89. The number of likely N-dealkylation sites (N-methyl/N-ethyl adjacent to an activating group) is 1. The molecule has 0 amide bonds. The van der Waals surface area contributed by atoms with Crippen molar-refractivity contribution < 1.29 is 8.42 Å². The first-order chi connectivity index (χ1) is 13.4. The standard InChI is InChI=1S/C21H32N4O2S2/c1-9-25(10-2)18(23-29(26,27)17-13-11-15(3)12-14-17)16(4)19-24(8)20(28-19)22-21(5,6)7/h11-14H,9-10H2,1-8H3/b19-16-,22-20?,23-18-. The van der Waals surface area contributed by atoms with Crippen LogP contribution in [0.25, 0.3) is 0 Å². The van der Waals surface area contributed by atoms with Crippen LogP contribution in [0.5, 0.6) is 0 Å². The summed E-state index contributed by atoms with van der Waals surface area (Å²) in [4.78, 5) is 8.88. The predicted molar refractivity (Wildman–Crippen MR) is 124 cm³/mol. The van der Waals surface area contributed by atoms with Crippen molar-refractivity contribution in [1.82, 2.24) is 9.80 Å². The zero-order valence-electron chi connectivity index (χ0n) is 18.6. The Hall–Kier alpha value is -1.80. The lowest BCUT2D eigenvalue weighted by Crippen LogP contribution is -2.39. The molecular formula is C21H32N4O2S2. The number of nitrogens with zero attached hydrogens (tertiary/aromatic N) is 4. The highest BCUT2D eigenvalue weighted by Gasteiger charge is 2.32. The van der Waals surface area contributed by atoms with Crippen LogP contribution in [0.15, 0.2) is 49.2 Å². The fraction of sp³-hybridized carbons (Fsp3) is 0.524. The molecule has 1 aliphatic rings. The largest absolute Gasteiger partial charge is 0.356 e. The number of sulfonamides is 1. The van der Waals surface area contributed by atoms with E-state index in [1.165, 1.54) is 0 Å². The van der Waals surface area contributed by atoms with Crippen LogP contribution in [0.3, 0.4) is 0 Å². The summed E-state index contributed by atoms with van der Waals surface area (Å²) in [6, 6.07) is 6.79. The number of thioether (sulfide) groups is 1. The number of rotatable bonds is 5. The van der Waals surface area contributed by atoms with Crippen molar-refractivity contribution in [2.75, 3.05) is 20.1 Å². The zero-order valence-corrected chi connectivity index (χ0v) is 20.3. The van der Waals surface area contributed by atoms with Gasteiger partial charge in [0.05, 0.1) is 15.5 Å². The molecule has 160 valence electrons. The summed E-state index contributed by atoms with van der Waals surface area (Å²) in [5.74, 6) is 0.486. The summed E-state index contributed by atoms with van der Waals surface area (Å²) in [6.45, 7) is 15.4. The van der Waals surface area contributed by atoms with E-state index in [9.17, 15) is 8.42 Å². The van der Waals surface area contributed by atoms with Crippen LogP contribution in [-0.4, -0.2) is 54.9 Å². The first kappa shape index (κ1) is 23.5. The molecule has 0 saturated carbocycles. The van der Waals surface area contributed by atoms with Gasteiger partial charge in [-0.25, -0.2) is 0 Å². The molecule has 0 unspecified atom stereocenters. The molecule has 29 heavy (non-hydrogen) atoms. The van der Waals surface area contributed by atoms with Gasteiger partial charge in [0.25, 0.3) is 10.0 Å². The van der Waals surface area contributed by atoms with Crippen molar-refractivity contribution in [3.63, 3.8) is 0 Å². The fourth-order valence-corrected chi connectivity index (χ4v) is 4.96. The molecule has 0 aromatic heterocycles. The number of benzene rings is 1. The van der Waals surface area contributed by atoms with E-state index in [0.717, 1.165) is 21.3 Å². The third-order valence-electron chi connectivity index (χ3n) is 4.46. The number of hydrogen-bond donors (Lipinski definition) is 0. The van der Waals surface area contributed by atoms with E-state index < -0.39 is 10.0 Å². The molecule has 2 rings (SSSR count). The first-order valence-corrected chi connectivity index (χ1v) is 12.0. The summed E-state index contributed by atoms with van der Waals surface area (Å²) in [5.41, 5.74) is 1.68. The minimum Gasteiger partial charge on any atom is -0.356 e. The average Bonchev–Trinajstić information content (AvgIpc) is 2.63. The van der Waals surface area contributed by atoms with Crippen LogP contribution >= 0.6 is 11.8 Å². The third-order valence-corrected chi connectivity index (χ3v) is 7.06. The summed E-state index contributed by atoms with van der Waals surface area (Å²) in [7, 11) is -1.86. The molecule has 1 aromatic carbocycles. The van der Waals surface area contributed by atoms with Gasteiger partial charge in [0.1, 0.15) is 5.84 Å². The fourth-order valence-electron chi connectivity index (χ4n) is 2.84. The molecule has 6 nitrogen and oxygen atoms in total. The van der Waals surface area contributed by atoms with Crippen LogP contribution in [0.1, 0.15) is 47.1 Å². The van der Waals surface area contributed by atoms with Gasteiger partial charge in [0.15, 0.2) is 5.17 Å². The highest BCUT2D eigenvalue weighted by atomic mass is 32.2. The number of hydrogen-bond acceptors (Lipinski definition) is 4. The van der Waals surface area contributed by atoms with Crippen LogP contribution in [0, 0.1) is 6.92 Å². The zero-order chi connectivity index (χ0) is 22.0. The lowest BCUT2D eigenvalue weighted by Gasteiger charge is -2.37. The molecule has 0 spiro atoms. The number of aliphatic imine (C=N–C) groups is 1. The van der Waals surface area contributed by atoms with Crippen LogP contribution in [-0.2, 0) is 10.0 Å². The van der Waals surface area contributed by atoms with Gasteiger partial charge < -0.3 is 9.80 Å². The van der Waals surface area contributed by atoms with Gasteiger partial charge in [-0.2, -0.15) is 8.42 Å². The van der Waals surface area contributed by atoms with Gasteiger partial charge >= 0.3 is 0 Å². The Bertz CT molecular complexity index is 936. The molecule has 0 atom stereocenters. The van der Waals surface area contributed by atoms with Crippen molar-refractivity contribution in [3.05, 3.63) is 40.4 Å². The second-order valence-corrected chi connectivity index (χ2v) is 10.6. The van der Waals surface area contributed by atoms with Crippen molar-refractivity contribution in [3.8, 4) is 0 Å². The molecule has 1 aromatic rings. The molecule has 0 bridgehead atoms. The molecule has 0 radical (unpaired) electrons. The topological polar surface area (TPSA) is 65.3 Å². The lowest BCUT2D eigenvalue weighted by atomic mass is 10.1. The summed E-state index contributed by atoms with van der Waals surface area (Å²) < 4.78 is 30.2. The maximum atomic E-state index is 13.0. The first-order valence-electron chi connectivity index (χ1n) is 9.79. The van der Waals surface area contributed by atoms with E-state index in [-0.39, 0.29) is 10.4 Å². The van der Waals surface area contributed by atoms with Gasteiger partial charge in [-0.15, -0.1) is 4.40 Å². The third kappa shape index (κ3) is 5.63. The SMILES string of the molecule is CCN(CC)C(=N\S(=O)(=O)c1ccc(C)cc1)/C(C)=C1\SC(=NC(C)(C)C)N1C. The van der Waals surface area contributed by atoms with Crippen LogP contribution in [0.2, 0.25) is 0 Å². The Morgan fingerprint density at radius 3 is 2.14 bits per heavy atom. The molecular weight excluding hydrogens is 404 g/mol.